The second-order valence-corrected chi connectivity index (χ2v) is 8.81. The number of hydrogen-bond acceptors (Lipinski definition) is 4. The van der Waals surface area contributed by atoms with Gasteiger partial charge in [0.1, 0.15) is 11.8 Å². The minimum Gasteiger partial charge on any atom is -0.497 e. The topological polar surface area (TPSA) is 49.9 Å². The highest BCUT2D eigenvalue weighted by Crippen LogP contribution is 2.48. The lowest BCUT2D eigenvalue weighted by molar-refractivity contribution is -0.144. The molecule has 25 heavy (non-hydrogen) atoms. The quantitative estimate of drug-likeness (QED) is 0.810. The van der Waals surface area contributed by atoms with E-state index < -0.39 is 0 Å². The van der Waals surface area contributed by atoms with Gasteiger partial charge in [-0.1, -0.05) is 12.1 Å². The molecule has 0 bridgehead atoms. The van der Waals surface area contributed by atoms with Gasteiger partial charge in [0.2, 0.25) is 11.8 Å². The van der Waals surface area contributed by atoms with Gasteiger partial charge in [-0.15, -0.1) is 11.8 Å². The van der Waals surface area contributed by atoms with Crippen LogP contribution in [0.4, 0.5) is 0 Å². The highest BCUT2D eigenvalue weighted by molar-refractivity contribution is 8.01. The van der Waals surface area contributed by atoms with Crippen LogP contribution >= 0.6 is 11.8 Å². The van der Waals surface area contributed by atoms with Crippen molar-refractivity contribution in [1.82, 2.24) is 9.80 Å². The molecule has 4 rings (SSSR count). The van der Waals surface area contributed by atoms with Crippen LogP contribution in [-0.4, -0.2) is 51.4 Å². The minimum absolute atomic E-state index is 0.116. The summed E-state index contributed by atoms with van der Waals surface area (Å²) in [6, 6.07) is 7.90. The number of carbonyl (C=O) groups is 2. The van der Waals surface area contributed by atoms with E-state index in [1.165, 1.54) is 0 Å². The Labute approximate surface area is 152 Å². The molecule has 1 aromatic rings. The Morgan fingerprint density at radius 1 is 1.36 bits per heavy atom. The molecule has 1 aliphatic carbocycles. The molecule has 2 amide bonds. The van der Waals surface area contributed by atoms with Gasteiger partial charge in [0.25, 0.3) is 0 Å². The average molecular weight is 360 g/mol. The normalized spacial score (nSPS) is 28.2. The van der Waals surface area contributed by atoms with Crippen LogP contribution in [0.5, 0.6) is 5.75 Å². The van der Waals surface area contributed by atoms with Gasteiger partial charge < -0.3 is 14.5 Å². The summed E-state index contributed by atoms with van der Waals surface area (Å²) in [5.41, 5.74) is 1.10. The van der Waals surface area contributed by atoms with E-state index in [1.807, 2.05) is 34.1 Å². The molecule has 2 unspecified atom stereocenters. The number of benzene rings is 1. The first-order chi connectivity index (χ1) is 12.0. The van der Waals surface area contributed by atoms with Gasteiger partial charge >= 0.3 is 0 Å². The van der Waals surface area contributed by atoms with E-state index in [0.717, 1.165) is 30.6 Å². The van der Waals surface area contributed by atoms with Gasteiger partial charge in [-0.25, -0.2) is 0 Å². The number of methoxy groups -OCH3 is 1. The Kier molecular flexibility index (Phi) is 4.18. The Hall–Kier alpha value is -1.69. The molecule has 3 fully saturated rings. The van der Waals surface area contributed by atoms with Gasteiger partial charge in [0, 0.05) is 24.8 Å². The summed E-state index contributed by atoms with van der Waals surface area (Å²) in [7, 11) is 1.65. The Morgan fingerprint density at radius 2 is 2.08 bits per heavy atom. The van der Waals surface area contributed by atoms with Crippen molar-refractivity contribution in [3.8, 4) is 5.75 Å². The molecule has 2 aliphatic heterocycles. The van der Waals surface area contributed by atoms with E-state index in [9.17, 15) is 9.59 Å². The molecule has 0 N–H and O–H groups in total. The van der Waals surface area contributed by atoms with Gasteiger partial charge in [-0.3, -0.25) is 9.59 Å². The molecule has 134 valence electrons. The van der Waals surface area contributed by atoms with Crippen LogP contribution in [0.15, 0.2) is 24.3 Å². The summed E-state index contributed by atoms with van der Waals surface area (Å²) in [6.45, 7) is 2.70. The Balaban J connectivity index is 1.52. The van der Waals surface area contributed by atoms with E-state index in [-0.39, 0.29) is 22.7 Å². The minimum atomic E-state index is -0.302. The SMILES string of the molecule is COc1ccc(CN(C(=O)C2CSC3(C)CCC(=O)N23)C2CC2)cc1. The van der Waals surface area contributed by atoms with Crippen LogP contribution in [0.1, 0.15) is 38.2 Å². The molecule has 2 saturated heterocycles. The zero-order valence-electron chi connectivity index (χ0n) is 14.7. The van der Waals surface area contributed by atoms with Crippen LogP contribution in [0.25, 0.3) is 0 Å². The zero-order chi connectivity index (χ0) is 17.6. The maximum atomic E-state index is 13.3. The standard InChI is InChI=1S/C19H24N2O3S/c1-19-10-9-17(22)21(19)16(12-25-19)18(23)20(14-5-6-14)11-13-3-7-15(24-2)8-4-13/h3-4,7-8,14,16H,5-6,9-12H2,1-2H3. The molecule has 0 spiro atoms. The van der Waals surface area contributed by atoms with Gasteiger partial charge in [0.15, 0.2) is 0 Å². The third-order valence-electron chi connectivity index (χ3n) is 5.51. The molecular formula is C19H24N2O3S. The summed E-state index contributed by atoms with van der Waals surface area (Å²) in [6.07, 6.45) is 3.54. The summed E-state index contributed by atoms with van der Waals surface area (Å²) >= 11 is 1.76. The third-order valence-corrected chi connectivity index (χ3v) is 7.02. The number of hydrogen-bond donors (Lipinski definition) is 0. The highest BCUT2D eigenvalue weighted by Gasteiger charge is 2.54. The highest BCUT2D eigenvalue weighted by atomic mass is 32.2. The first-order valence-electron chi connectivity index (χ1n) is 8.91. The van der Waals surface area contributed by atoms with E-state index in [0.29, 0.717) is 24.8 Å². The number of fused-ring (bicyclic) bond motifs is 1. The largest absolute Gasteiger partial charge is 0.497 e. The third kappa shape index (κ3) is 3.01. The average Bonchev–Trinajstić information content (AvgIpc) is 3.34. The monoisotopic (exact) mass is 360 g/mol. The molecule has 6 heteroatoms. The fourth-order valence-electron chi connectivity index (χ4n) is 3.90. The number of amides is 2. The van der Waals surface area contributed by atoms with E-state index in [4.69, 9.17) is 4.74 Å². The summed E-state index contributed by atoms with van der Waals surface area (Å²) < 4.78 is 5.21. The first kappa shape index (κ1) is 16.8. The van der Waals surface area contributed by atoms with Gasteiger partial charge in [0.05, 0.1) is 12.0 Å². The predicted molar refractivity (Wildman–Crippen MR) is 97.3 cm³/mol. The van der Waals surface area contributed by atoms with Crippen LogP contribution in [0.2, 0.25) is 0 Å². The molecule has 5 nitrogen and oxygen atoms in total. The first-order valence-corrected chi connectivity index (χ1v) is 9.90. The van der Waals surface area contributed by atoms with Gasteiger partial charge in [-0.2, -0.15) is 0 Å². The smallest absolute Gasteiger partial charge is 0.246 e. The zero-order valence-corrected chi connectivity index (χ0v) is 15.6. The predicted octanol–water partition coefficient (Wildman–Crippen LogP) is 2.64. The van der Waals surface area contributed by atoms with E-state index >= 15 is 0 Å². The van der Waals surface area contributed by atoms with Crippen molar-refractivity contribution in [2.45, 2.75) is 56.1 Å². The number of carbonyl (C=O) groups excluding carboxylic acids is 2. The number of thioether (sulfide) groups is 1. The Bertz CT molecular complexity index is 688. The summed E-state index contributed by atoms with van der Waals surface area (Å²) in [5, 5.41) is 0. The molecule has 0 radical (unpaired) electrons. The molecule has 0 aromatic heterocycles. The molecule has 3 aliphatic rings. The molecular weight excluding hydrogens is 336 g/mol. The number of nitrogens with zero attached hydrogens (tertiary/aromatic N) is 2. The van der Waals surface area contributed by atoms with Crippen molar-refractivity contribution < 1.29 is 14.3 Å². The summed E-state index contributed by atoms with van der Waals surface area (Å²) in [5.74, 6) is 1.78. The van der Waals surface area contributed by atoms with Crippen LogP contribution < -0.4 is 4.74 Å². The molecule has 2 heterocycles. The Morgan fingerprint density at radius 3 is 2.72 bits per heavy atom. The van der Waals surface area contributed by atoms with Crippen LogP contribution in [-0.2, 0) is 16.1 Å². The van der Waals surface area contributed by atoms with Crippen molar-refractivity contribution in [3.63, 3.8) is 0 Å². The summed E-state index contributed by atoms with van der Waals surface area (Å²) in [4.78, 5) is 29.3. The number of ether oxygens (including phenoxy) is 1. The fraction of sp³-hybridized carbons (Fsp3) is 0.579. The lowest BCUT2D eigenvalue weighted by atomic mass is 10.1. The van der Waals surface area contributed by atoms with Crippen molar-refractivity contribution >= 4 is 23.6 Å². The van der Waals surface area contributed by atoms with E-state index in [1.54, 1.807) is 18.9 Å². The van der Waals surface area contributed by atoms with Crippen molar-refractivity contribution in [1.29, 1.82) is 0 Å². The van der Waals surface area contributed by atoms with Crippen molar-refractivity contribution in [2.75, 3.05) is 12.9 Å². The second-order valence-electron chi connectivity index (χ2n) is 7.31. The number of rotatable bonds is 5. The lowest BCUT2D eigenvalue weighted by Gasteiger charge is -2.33. The van der Waals surface area contributed by atoms with Crippen molar-refractivity contribution in [3.05, 3.63) is 29.8 Å². The van der Waals surface area contributed by atoms with Crippen LogP contribution in [0, 0.1) is 0 Å². The fourth-order valence-corrected chi connectivity index (χ4v) is 5.32. The van der Waals surface area contributed by atoms with Gasteiger partial charge in [-0.05, 0) is 43.9 Å². The maximum absolute atomic E-state index is 13.3. The molecule has 1 saturated carbocycles. The molecule has 2 atom stereocenters. The van der Waals surface area contributed by atoms with E-state index in [2.05, 4.69) is 6.92 Å². The molecule has 1 aromatic carbocycles. The van der Waals surface area contributed by atoms with Crippen molar-refractivity contribution in [2.24, 2.45) is 0 Å². The van der Waals surface area contributed by atoms with Crippen LogP contribution in [0.3, 0.4) is 0 Å². The second kappa shape index (κ2) is 6.24. The lowest BCUT2D eigenvalue weighted by Crippen LogP contribution is -2.51. The maximum Gasteiger partial charge on any atom is 0.246 e.